The Morgan fingerprint density at radius 1 is 1.53 bits per heavy atom. The molecule has 2 aromatic rings. The fourth-order valence-corrected chi connectivity index (χ4v) is 1.56. The standard InChI is InChI=1S/C11H13FN4O/c1-15(2)10(17)6-16-9-5-7(12)3-4-8(9)14-11(16)13/h3-5H,6H2,1-2H3,(H2,13,14). The number of nitrogens with two attached hydrogens (primary N) is 1. The Morgan fingerprint density at radius 2 is 2.24 bits per heavy atom. The van der Waals surface area contributed by atoms with E-state index in [1.165, 1.54) is 27.7 Å². The van der Waals surface area contributed by atoms with Crippen LogP contribution < -0.4 is 5.73 Å². The molecule has 0 aliphatic carbocycles. The topological polar surface area (TPSA) is 64.2 Å². The number of hydrogen-bond acceptors (Lipinski definition) is 3. The number of imidazole rings is 1. The number of aromatic nitrogens is 2. The second-order valence-electron chi connectivity index (χ2n) is 3.98. The number of carbonyl (C=O) groups excluding carboxylic acids is 1. The highest BCUT2D eigenvalue weighted by molar-refractivity contribution is 5.82. The average Bonchev–Trinajstić information content (AvgIpc) is 2.55. The van der Waals surface area contributed by atoms with E-state index < -0.39 is 0 Å². The molecule has 0 aliphatic rings. The molecule has 2 N–H and O–H groups in total. The number of halogens is 1. The van der Waals surface area contributed by atoms with Gasteiger partial charge in [0.1, 0.15) is 12.4 Å². The first-order valence-corrected chi connectivity index (χ1v) is 5.10. The molecule has 0 bridgehead atoms. The van der Waals surface area contributed by atoms with Crippen LogP contribution in [-0.2, 0) is 11.3 Å². The van der Waals surface area contributed by atoms with Crippen molar-refractivity contribution in [3.05, 3.63) is 24.0 Å². The van der Waals surface area contributed by atoms with Gasteiger partial charge in [-0.3, -0.25) is 4.79 Å². The molecule has 1 aromatic carbocycles. The van der Waals surface area contributed by atoms with Crippen LogP contribution in [0.15, 0.2) is 18.2 Å². The van der Waals surface area contributed by atoms with E-state index in [-0.39, 0.29) is 24.2 Å². The summed E-state index contributed by atoms with van der Waals surface area (Å²) in [6.07, 6.45) is 0. The lowest BCUT2D eigenvalue weighted by Gasteiger charge is -2.11. The van der Waals surface area contributed by atoms with Crippen molar-refractivity contribution < 1.29 is 9.18 Å². The van der Waals surface area contributed by atoms with Gasteiger partial charge in [0.2, 0.25) is 11.9 Å². The number of hydrogen-bond donors (Lipinski definition) is 1. The Hall–Kier alpha value is -2.11. The molecule has 0 atom stereocenters. The normalized spacial score (nSPS) is 10.8. The van der Waals surface area contributed by atoms with E-state index >= 15 is 0 Å². The summed E-state index contributed by atoms with van der Waals surface area (Å²) in [5.41, 5.74) is 6.82. The third-order valence-electron chi connectivity index (χ3n) is 2.53. The van der Waals surface area contributed by atoms with Crippen molar-refractivity contribution in [2.24, 2.45) is 0 Å². The number of anilines is 1. The molecule has 5 nitrogen and oxygen atoms in total. The molecule has 90 valence electrons. The lowest BCUT2D eigenvalue weighted by Crippen LogP contribution is -2.26. The molecule has 2 rings (SSSR count). The maximum absolute atomic E-state index is 13.1. The zero-order valence-corrected chi connectivity index (χ0v) is 9.64. The zero-order valence-electron chi connectivity index (χ0n) is 9.64. The van der Waals surface area contributed by atoms with Crippen LogP contribution in [0, 0.1) is 5.82 Å². The van der Waals surface area contributed by atoms with Gasteiger partial charge in [0, 0.05) is 14.1 Å². The van der Waals surface area contributed by atoms with Gasteiger partial charge in [-0.25, -0.2) is 9.37 Å². The Kier molecular flexibility index (Phi) is 2.71. The van der Waals surface area contributed by atoms with Crippen LogP contribution in [0.25, 0.3) is 11.0 Å². The van der Waals surface area contributed by atoms with Gasteiger partial charge in [-0.2, -0.15) is 0 Å². The van der Waals surface area contributed by atoms with E-state index in [1.54, 1.807) is 14.1 Å². The minimum absolute atomic E-state index is 0.0544. The van der Waals surface area contributed by atoms with Gasteiger partial charge in [0.15, 0.2) is 0 Å². The first-order valence-electron chi connectivity index (χ1n) is 5.10. The minimum atomic E-state index is -0.379. The fraction of sp³-hybridized carbons (Fsp3) is 0.273. The predicted octanol–water partition coefficient (Wildman–Crippen LogP) is 0.846. The first-order chi connectivity index (χ1) is 7.99. The second kappa shape index (κ2) is 4.04. The summed E-state index contributed by atoms with van der Waals surface area (Å²) >= 11 is 0. The summed E-state index contributed by atoms with van der Waals surface area (Å²) < 4.78 is 14.6. The summed E-state index contributed by atoms with van der Waals surface area (Å²) in [6.45, 7) is 0.0544. The van der Waals surface area contributed by atoms with Gasteiger partial charge in [0.25, 0.3) is 0 Å². The van der Waals surface area contributed by atoms with Gasteiger partial charge in [0.05, 0.1) is 11.0 Å². The molecule has 0 unspecified atom stereocenters. The van der Waals surface area contributed by atoms with E-state index in [1.807, 2.05) is 0 Å². The van der Waals surface area contributed by atoms with Crippen molar-refractivity contribution in [3.8, 4) is 0 Å². The Morgan fingerprint density at radius 3 is 2.88 bits per heavy atom. The van der Waals surface area contributed by atoms with E-state index in [4.69, 9.17) is 5.73 Å². The molecule has 0 aliphatic heterocycles. The third kappa shape index (κ3) is 2.06. The van der Waals surface area contributed by atoms with Crippen LogP contribution in [0.4, 0.5) is 10.3 Å². The molecule has 0 spiro atoms. The van der Waals surface area contributed by atoms with Crippen LogP contribution in [0.5, 0.6) is 0 Å². The maximum Gasteiger partial charge on any atom is 0.242 e. The first kappa shape index (κ1) is 11.4. The molecule has 1 aromatic heterocycles. The molecular weight excluding hydrogens is 223 g/mol. The van der Waals surface area contributed by atoms with Gasteiger partial charge in [-0.1, -0.05) is 0 Å². The molecule has 0 fully saturated rings. The van der Waals surface area contributed by atoms with Gasteiger partial charge >= 0.3 is 0 Å². The van der Waals surface area contributed by atoms with E-state index in [2.05, 4.69) is 4.98 Å². The van der Waals surface area contributed by atoms with Gasteiger partial charge < -0.3 is 15.2 Å². The number of amides is 1. The molecule has 1 heterocycles. The van der Waals surface area contributed by atoms with Crippen LogP contribution in [0.1, 0.15) is 0 Å². The lowest BCUT2D eigenvalue weighted by molar-refractivity contribution is -0.129. The smallest absolute Gasteiger partial charge is 0.242 e. The van der Waals surface area contributed by atoms with E-state index in [9.17, 15) is 9.18 Å². The number of rotatable bonds is 2. The minimum Gasteiger partial charge on any atom is -0.369 e. The number of nitrogen functional groups attached to an aromatic ring is 1. The highest BCUT2D eigenvalue weighted by atomic mass is 19.1. The summed E-state index contributed by atoms with van der Waals surface area (Å²) in [5.74, 6) is -0.294. The Bertz CT molecular complexity index is 576. The van der Waals surface area contributed by atoms with E-state index in [0.717, 1.165) is 0 Å². The van der Waals surface area contributed by atoms with Crippen molar-refractivity contribution in [1.29, 1.82) is 0 Å². The third-order valence-corrected chi connectivity index (χ3v) is 2.53. The second-order valence-corrected chi connectivity index (χ2v) is 3.98. The number of fused-ring (bicyclic) bond motifs is 1. The van der Waals surface area contributed by atoms with Crippen molar-refractivity contribution >= 4 is 22.9 Å². The summed E-state index contributed by atoms with van der Waals surface area (Å²) in [6, 6.07) is 4.17. The lowest BCUT2D eigenvalue weighted by atomic mass is 10.3. The summed E-state index contributed by atoms with van der Waals surface area (Å²) in [5, 5.41) is 0. The van der Waals surface area contributed by atoms with Crippen molar-refractivity contribution in [2.45, 2.75) is 6.54 Å². The number of benzene rings is 1. The SMILES string of the molecule is CN(C)C(=O)Cn1c(N)nc2ccc(F)cc21. The highest BCUT2D eigenvalue weighted by Crippen LogP contribution is 2.18. The highest BCUT2D eigenvalue weighted by Gasteiger charge is 2.13. The number of nitrogens with zero attached hydrogens (tertiary/aromatic N) is 3. The van der Waals surface area contributed by atoms with Crippen molar-refractivity contribution in [1.82, 2.24) is 14.5 Å². The van der Waals surface area contributed by atoms with Crippen LogP contribution >= 0.6 is 0 Å². The van der Waals surface area contributed by atoms with Crippen molar-refractivity contribution in [3.63, 3.8) is 0 Å². The molecular formula is C11H13FN4O. The molecule has 6 heteroatoms. The molecule has 0 saturated carbocycles. The van der Waals surface area contributed by atoms with E-state index in [0.29, 0.717) is 11.0 Å². The Balaban J connectivity index is 2.48. The average molecular weight is 236 g/mol. The molecule has 0 radical (unpaired) electrons. The number of likely N-dealkylation sites (N-methyl/N-ethyl adjacent to an activating group) is 1. The van der Waals surface area contributed by atoms with Crippen LogP contribution in [0.3, 0.4) is 0 Å². The summed E-state index contributed by atoms with van der Waals surface area (Å²) in [4.78, 5) is 17.1. The monoisotopic (exact) mass is 236 g/mol. The fourth-order valence-electron chi connectivity index (χ4n) is 1.56. The number of carbonyl (C=O) groups is 1. The van der Waals surface area contributed by atoms with Gasteiger partial charge in [-0.05, 0) is 18.2 Å². The Labute approximate surface area is 97.6 Å². The van der Waals surface area contributed by atoms with Crippen molar-refractivity contribution in [2.75, 3.05) is 19.8 Å². The zero-order chi connectivity index (χ0) is 12.6. The summed E-state index contributed by atoms with van der Waals surface area (Å²) in [7, 11) is 3.30. The molecule has 1 amide bonds. The molecule has 0 saturated heterocycles. The van der Waals surface area contributed by atoms with Crippen LogP contribution in [-0.4, -0.2) is 34.5 Å². The quantitative estimate of drug-likeness (QED) is 0.840. The van der Waals surface area contributed by atoms with Crippen LogP contribution in [0.2, 0.25) is 0 Å². The van der Waals surface area contributed by atoms with Gasteiger partial charge in [-0.15, -0.1) is 0 Å². The predicted molar refractivity (Wildman–Crippen MR) is 62.8 cm³/mol. The maximum atomic E-state index is 13.1. The molecule has 17 heavy (non-hydrogen) atoms. The largest absolute Gasteiger partial charge is 0.369 e.